The van der Waals surface area contributed by atoms with Crippen LogP contribution in [0.2, 0.25) is 0 Å². The number of aldehydes is 1. The number of carboxylic acid groups (broad SMARTS) is 1. The van der Waals surface area contributed by atoms with E-state index >= 15 is 0 Å². The largest absolute Gasteiger partial charge is 0.480 e. The van der Waals surface area contributed by atoms with Crippen LogP contribution in [0.15, 0.2) is 0 Å². The van der Waals surface area contributed by atoms with E-state index in [1.807, 2.05) is 34.6 Å². The van der Waals surface area contributed by atoms with Gasteiger partial charge in [-0.05, 0) is 92.9 Å². The molecule has 0 aromatic heterocycles. The molecule has 6 fully saturated rings. The van der Waals surface area contributed by atoms with Gasteiger partial charge in [0, 0.05) is 11.1 Å². The van der Waals surface area contributed by atoms with Gasteiger partial charge in [0.15, 0.2) is 0 Å². The number of amides is 2. The molecule has 2 atom stereocenters. The van der Waals surface area contributed by atoms with E-state index in [0.29, 0.717) is 5.92 Å². The van der Waals surface area contributed by atoms with Crippen LogP contribution in [-0.2, 0) is 19.1 Å². The molecule has 2 unspecified atom stereocenters. The maximum Gasteiger partial charge on any atom is 0.411 e. The van der Waals surface area contributed by atoms with Crippen molar-refractivity contribution in [1.29, 1.82) is 0 Å². The summed E-state index contributed by atoms with van der Waals surface area (Å²) in [6.07, 6.45) is 3.41. The van der Waals surface area contributed by atoms with Crippen LogP contribution in [0, 0.1) is 11.8 Å². The van der Waals surface area contributed by atoms with E-state index in [2.05, 4.69) is 0 Å². The Hall–Kier alpha value is -2.32. The third kappa shape index (κ3) is 4.68. The monoisotopic (exact) mass is 466 g/mol. The van der Waals surface area contributed by atoms with Gasteiger partial charge in [0.25, 0.3) is 0 Å². The fraction of sp³-hybridized carbons (Fsp3) is 0.833. The van der Waals surface area contributed by atoms with Crippen molar-refractivity contribution < 1.29 is 33.8 Å². The Morgan fingerprint density at radius 1 is 0.818 bits per heavy atom. The Morgan fingerprint density at radius 3 is 1.61 bits per heavy atom. The minimum absolute atomic E-state index is 0.0880. The summed E-state index contributed by atoms with van der Waals surface area (Å²) in [7, 11) is 0. The second-order valence-corrected chi connectivity index (χ2v) is 12.4. The Kier molecular flexibility index (Phi) is 6.04. The fourth-order valence-corrected chi connectivity index (χ4v) is 5.90. The average Bonchev–Trinajstić information content (AvgIpc) is 3.21. The van der Waals surface area contributed by atoms with Crippen molar-refractivity contribution in [2.75, 3.05) is 0 Å². The van der Waals surface area contributed by atoms with Gasteiger partial charge < -0.3 is 19.4 Å². The molecule has 2 aliphatic carbocycles. The molecule has 2 amide bonds. The van der Waals surface area contributed by atoms with E-state index in [1.54, 1.807) is 25.7 Å². The minimum Gasteiger partial charge on any atom is -0.480 e. The smallest absolute Gasteiger partial charge is 0.411 e. The lowest BCUT2D eigenvalue weighted by Gasteiger charge is -2.38. The molecule has 9 nitrogen and oxygen atoms in total. The van der Waals surface area contributed by atoms with Gasteiger partial charge in [-0.3, -0.25) is 9.80 Å². The van der Waals surface area contributed by atoms with E-state index in [0.717, 1.165) is 32.0 Å². The summed E-state index contributed by atoms with van der Waals surface area (Å²) in [5.74, 6) is -0.498. The summed E-state index contributed by atoms with van der Waals surface area (Å²) in [5.41, 5.74) is -1.58. The number of rotatable bonds is 2. The maximum atomic E-state index is 12.1. The van der Waals surface area contributed by atoms with Crippen molar-refractivity contribution in [2.45, 2.75) is 115 Å². The highest BCUT2D eigenvalue weighted by molar-refractivity contribution is 5.83. The van der Waals surface area contributed by atoms with Crippen molar-refractivity contribution in [2.24, 2.45) is 11.8 Å². The molecule has 6 aliphatic rings. The quantitative estimate of drug-likeness (QED) is 0.615. The molecule has 0 radical (unpaired) electrons. The Bertz CT molecular complexity index is 829. The molecular weight excluding hydrogens is 428 g/mol. The first-order chi connectivity index (χ1) is 14.9. The van der Waals surface area contributed by atoms with Crippen LogP contribution in [0.1, 0.15) is 81.1 Å². The zero-order valence-corrected chi connectivity index (χ0v) is 21.0. The second kappa shape index (κ2) is 7.87. The average molecular weight is 467 g/mol. The summed E-state index contributed by atoms with van der Waals surface area (Å²) >= 11 is 0. The minimum atomic E-state index is -0.929. The van der Waals surface area contributed by atoms with Crippen LogP contribution in [-0.4, -0.2) is 73.7 Å². The highest BCUT2D eigenvalue weighted by atomic mass is 16.6. The molecule has 6 rings (SSSR count). The van der Waals surface area contributed by atoms with Crippen molar-refractivity contribution in [1.82, 2.24) is 9.80 Å². The number of hydrogen-bond acceptors (Lipinski definition) is 6. The number of nitrogens with zero attached hydrogens (tertiary/aromatic N) is 2. The summed E-state index contributed by atoms with van der Waals surface area (Å²) in [4.78, 5) is 49.4. The topological polar surface area (TPSA) is 113 Å². The first kappa shape index (κ1) is 25.3. The summed E-state index contributed by atoms with van der Waals surface area (Å²) in [6.45, 7) is 14.8. The molecule has 0 aromatic rings. The van der Waals surface area contributed by atoms with Gasteiger partial charge >= 0.3 is 18.2 Å². The van der Waals surface area contributed by atoms with E-state index < -0.39 is 29.3 Å². The molecule has 4 saturated heterocycles. The number of hydrogen-bond donors (Lipinski definition) is 1. The highest BCUT2D eigenvalue weighted by Crippen LogP contribution is 2.55. The standard InChI is InChI=1S/C12H19NO4.C12H19NO3/c1-11(2,3)17-10(16)13-8(9(14)15)7-5-12(13,4)6-7;1-11(2,3)16-10(15)13-9(7-14)8-5-12(13,4)6-8/h7-8H,5-6H2,1-4H3,(H,14,15);7-9H,5-6H2,1-4H3. The second-order valence-electron chi connectivity index (χ2n) is 12.4. The maximum absolute atomic E-state index is 12.1. The number of fused-ring (bicyclic) bond motifs is 2. The van der Waals surface area contributed by atoms with Crippen LogP contribution in [0.25, 0.3) is 0 Å². The SMILES string of the molecule is CC(C)(C)OC(=O)N1C(C(=O)O)C2CC1(C)C2.CC(C)(C)OC(=O)N1C(C=O)C2CC1(C)C2. The Morgan fingerprint density at radius 2 is 1.21 bits per heavy atom. The molecule has 4 bridgehead atoms. The first-order valence-corrected chi connectivity index (χ1v) is 11.6. The van der Waals surface area contributed by atoms with E-state index in [1.165, 1.54) is 4.90 Å². The van der Waals surface area contributed by atoms with Crippen molar-refractivity contribution >= 4 is 24.4 Å². The molecule has 4 heterocycles. The molecule has 4 aliphatic heterocycles. The fourth-order valence-electron chi connectivity index (χ4n) is 5.90. The lowest BCUT2D eigenvalue weighted by atomic mass is 9.73. The van der Waals surface area contributed by atoms with E-state index in [9.17, 15) is 24.3 Å². The number of carbonyl (C=O) groups excluding carboxylic acids is 3. The van der Waals surface area contributed by atoms with E-state index in [4.69, 9.17) is 9.47 Å². The lowest BCUT2D eigenvalue weighted by Crippen LogP contribution is -2.50. The third-order valence-electron chi connectivity index (χ3n) is 7.05. The van der Waals surface area contributed by atoms with Crippen molar-refractivity contribution in [3.05, 3.63) is 0 Å². The number of ether oxygens (including phenoxy) is 2. The van der Waals surface area contributed by atoms with Gasteiger partial charge in [0.05, 0.1) is 6.04 Å². The van der Waals surface area contributed by atoms with Crippen LogP contribution in [0.4, 0.5) is 9.59 Å². The zero-order valence-electron chi connectivity index (χ0n) is 21.0. The van der Waals surface area contributed by atoms with Gasteiger partial charge in [-0.1, -0.05) is 0 Å². The molecule has 0 spiro atoms. The molecule has 2 saturated carbocycles. The predicted octanol–water partition coefficient (Wildman–Crippen LogP) is 3.83. The van der Waals surface area contributed by atoms with Crippen LogP contribution < -0.4 is 0 Å². The summed E-state index contributed by atoms with van der Waals surface area (Å²) in [6, 6.07) is -0.991. The molecule has 9 heteroatoms. The molecular formula is C24H38N2O7. The Balaban J connectivity index is 0.000000186. The van der Waals surface area contributed by atoms with Gasteiger partial charge in [-0.15, -0.1) is 0 Å². The summed E-state index contributed by atoms with van der Waals surface area (Å²) < 4.78 is 10.6. The molecule has 0 aromatic carbocycles. The third-order valence-corrected chi connectivity index (χ3v) is 7.05. The normalized spacial score (nSPS) is 36.1. The number of carboxylic acids is 1. The lowest BCUT2D eigenvalue weighted by molar-refractivity contribution is -0.142. The van der Waals surface area contributed by atoms with Crippen LogP contribution in [0.5, 0.6) is 0 Å². The molecule has 1 N–H and O–H groups in total. The van der Waals surface area contributed by atoms with Gasteiger partial charge in [0.2, 0.25) is 0 Å². The Labute approximate surface area is 195 Å². The van der Waals surface area contributed by atoms with Crippen LogP contribution >= 0.6 is 0 Å². The molecule has 186 valence electrons. The number of aliphatic carboxylic acids is 1. The summed E-state index contributed by atoms with van der Waals surface area (Å²) in [5, 5.41) is 9.19. The van der Waals surface area contributed by atoms with E-state index in [-0.39, 0.29) is 29.1 Å². The van der Waals surface area contributed by atoms with Crippen LogP contribution in [0.3, 0.4) is 0 Å². The van der Waals surface area contributed by atoms with Gasteiger partial charge in [0.1, 0.15) is 23.5 Å². The zero-order chi connectivity index (χ0) is 25.1. The van der Waals surface area contributed by atoms with Crippen molar-refractivity contribution in [3.63, 3.8) is 0 Å². The molecule has 33 heavy (non-hydrogen) atoms. The predicted molar refractivity (Wildman–Crippen MR) is 120 cm³/mol. The highest BCUT2D eigenvalue weighted by Gasteiger charge is 2.64. The van der Waals surface area contributed by atoms with Gasteiger partial charge in [-0.2, -0.15) is 0 Å². The first-order valence-electron chi connectivity index (χ1n) is 11.6. The number of carbonyl (C=O) groups is 4. The van der Waals surface area contributed by atoms with Crippen molar-refractivity contribution in [3.8, 4) is 0 Å². The van der Waals surface area contributed by atoms with Gasteiger partial charge in [-0.25, -0.2) is 14.4 Å².